The van der Waals surface area contributed by atoms with E-state index in [1.807, 2.05) is 12.1 Å². The first-order chi connectivity index (χ1) is 10.1. The first-order valence-corrected chi connectivity index (χ1v) is 8.18. The van der Waals surface area contributed by atoms with Crippen LogP contribution in [0.1, 0.15) is 51.0 Å². The summed E-state index contributed by atoms with van der Waals surface area (Å²) in [5.74, 6) is 0.853. The normalized spacial score (nSPS) is 19.1. The van der Waals surface area contributed by atoms with Crippen molar-refractivity contribution in [2.75, 3.05) is 19.6 Å². The van der Waals surface area contributed by atoms with Crippen LogP contribution in [-0.4, -0.2) is 30.7 Å². The molecule has 0 spiro atoms. The zero-order valence-electron chi connectivity index (χ0n) is 13.2. The van der Waals surface area contributed by atoms with Gasteiger partial charge in [0, 0.05) is 13.1 Å². The number of hydrogen-bond donors (Lipinski definition) is 0. The molecule has 1 fully saturated rings. The molecule has 0 saturated carbocycles. The predicted molar refractivity (Wildman–Crippen MR) is 83.8 cm³/mol. The lowest BCUT2D eigenvalue weighted by Crippen LogP contribution is -2.35. The Labute approximate surface area is 127 Å². The lowest BCUT2D eigenvalue weighted by Gasteiger charge is -2.29. The van der Waals surface area contributed by atoms with Crippen LogP contribution in [0, 0.1) is 11.7 Å². The fourth-order valence-corrected chi connectivity index (χ4v) is 3.25. The number of hydrogen-bond acceptors (Lipinski definition) is 1. The molecule has 0 N–H and O–H groups in total. The molecule has 1 aromatic rings. The molecule has 1 saturated heterocycles. The second kappa shape index (κ2) is 7.88. The molecule has 118 valence electrons. The fraction of sp³-hybridized carbons (Fsp3) is 0.667. The predicted octanol–water partition coefficient (Wildman–Crippen LogP) is 4.78. The van der Waals surface area contributed by atoms with Crippen molar-refractivity contribution >= 4 is 0 Å². The summed E-state index contributed by atoms with van der Waals surface area (Å²) in [4.78, 5) is 2.37. The number of alkyl halides is 1. The van der Waals surface area contributed by atoms with Crippen LogP contribution in [0.25, 0.3) is 0 Å². The molecule has 1 nitrogen and oxygen atoms in total. The van der Waals surface area contributed by atoms with Crippen molar-refractivity contribution in [3.05, 3.63) is 35.6 Å². The molecule has 1 heterocycles. The molecule has 0 unspecified atom stereocenters. The molecule has 21 heavy (non-hydrogen) atoms. The van der Waals surface area contributed by atoms with Gasteiger partial charge in [0.25, 0.3) is 0 Å². The molecule has 0 amide bonds. The Morgan fingerprint density at radius 3 is 2.33 bits per heavy atom. The largest absolute Gasteiger partial charge is 0.303 e. The van der Waals surface area contributed by atoms with E-state index in [0.29, 0.717) is 24.7 Å². The van der Waals surface area contributed by atoms with Gasteiger partial charge in [0.05, 0.1) is 0 Å². The summed E-state index contributed by atoms with van der Waals surface area (Å²) in [6.45, 7) is 7.29. The number of piperidine rings is 1. The van der Waals surface area contributed by atoms with Crippen LogP contribution in [0.2, 0.25) is 0 Å². The zero-order valence-corrected chi connectivity index (χ0v) is 13.2. The van der Waals surface area contributed by atoms with Crippen molar-refractivity contribution in [3.63, 3.8) is 0 Å². The molecule has 0 aliphatic carbocycles. The third kappa shape index (κ3) is 5.06. The zero-order chi connectivity index (χ0) is 15.2. The van der Waals surface area contributed by atoms with E-state index < -0.39 is 6.17 Å². The lowest BCUT2D eigenvalue weighted by atomic mass is 9.85. The molecule has 0 bridgehead atoms. The number of rotatable bonds is 6. The maximum atomic E-state index is 13.1. The van der Waals surface area contributed by atoms with Crippen molar-refractivity contribution in [2.24, 2.45) is 5.92 Å². The van der Waals surface area contributed by atoms with E-state index in [9.17, 15) is 8.78 Å². The topological polar surface area (TPSA) is 3.24 Å². The van der Waals surface area contributed by atoms with Crippen molar-refractivity contribution in [2.45, 2.75) is 51.6 Å². The van der Waals surface area contributed by atoms with E-state index in [4.69, 9.17) is 0 Å². The van der Waals surface area contributed by atoms with Gasteiger partial charge in [0.1, 0.15) is 12.0 Å². The Bertz CT molecular complexity index is 408. The number of nitrogens with zero attached hydrogens (tertiary/aromatic N) is 1. The summed E-state index contributed by atoms with van der Waals surface area (Å²) in [6, 6.07) is 6.93. The molecular formula is C18H27F2N. The van der Waals surface area contributed by atoms with Gasteiger partial charge in [-0.1, -0.05) is 26.0 Å². The maximum absolute atomic E-state index is 13.1. The van der Waals surface area contributed by atoms with Crippen molar-refractivity contribution in [3.8, 4) is 0 Å². The Balaban J connectivity index is 1.82. The highest BCUT2D eigenvalue weighted by molar-refractivity contribution is 5.20. The third-order valence-electron chi connectivity index (χ3n) is 4.61. The highest BCUT2D eigenvalue weighted by atomic mass is 19.1. The number of benzene rings is 1. The summed E-state index contributed by atoms with van der Waals surface area (Å²) >= 11 is 0. The molecule has 1 aliphatic heterocycles. The lowest BCUT2D eigenvalue weighted by molar-refractivity contribution is 0.147. The standard InChI is InChI=1S/C18H27F2N/c1-14(2)18(15-5-7-16(19)8-6-15)4-3-11-21-12-9-17(20)10-13-21/h5-8,14,17-18H,3-4,9-13H2,1-2H3/t18-/m0/s1. The molecule has 0 aromatic heterocycles. The number of likely N-dealkylation sites (tertiary alicyclic amines) is 1. The van der Waals surface area contributed by atoms with Gasteiger partial charge in [-0.3, -0.25) is 0 Å². The van der Waals surface area contributed by atoms with E-state index in [0.717, 1.165) is 32.5 Å². The molecule has 1 aromatic carbocycles. The van der Waals surface area contributed by atoms with Gasteiger partial charge in [-0.25, -0.2) is 8.78 Å². The Hall–Kier alpha value is -0.960. The van der Waals surface area contributed by atoms with Crippen LogP contribution in [-0.2, 0) is 0 Å². The average molecular weight is 295 g/mol. The summed E-state index contributed by atoms with van der Waals surface area (Å²) < 4.78 is 26.2. The summed E-state index contributed by atoms with van der Waals surface area (Å²) in [6.07, 6.45) is 3.01. The van der Waals surface area contributed by atoms with Gasteiger partial charge in [-0.05, 0) is 61.8 Å². The van der Waals surface area contributed by atoms with Crippen molar-refractivity contribution < 1.29 is 8.78 Å². The molecular weight excluding hydrogens is 268 g/mol. The Morgan fingerprint density at radius 1 is 1.14 bits per heavy atom. The first-order valence-electron chi connectivity index (χ1n) is 8.18. The maximum Gasteiger partial charge on any atom is 0.123 e. The van der Waals surface area contributed by atoms with Crippen LogP contribution < -0.4 is 0 Å². The monoisotopic (exact) mass is 295 g/mol. The SMILES string of the molecule is CC(C)[C@H](CCCN1CCC(F)CC1)c1ccc(F)cc1. The van der Waals surface area contributed by atoms with Crippen LogP contribution in [0.5, 0.6) is 0 Å². The third-order valence-corrected chi connectivity index (χ3v) is 4.61. The second-order valence-corrected chi connectivity index (χ2v) is 6.56. The summed E-state index contributed by atoms with van der Waals surface area (Å²) in [5, 5.41) is 0. The minimum absolute atomic E-state index is 0.171. The number of halogens is 2. The molecule has 0 radical (unpaired) electrons. The van der Waals surface area contributed by atoms with Gasteiger partial charge >= 0.3 is 0 Å². The summed E-state index contributed by atoms with van der Waals surface area (Å²) in [7, 11) is 0. The average Bonchev–Trinajstić information content (AvgIpc) is 2.46. The van der Waals surface area contributed by atoms with Gasteiger partial charge in [-0.15, -0.1) is 0 Å². The minimum atomic E-state index is -0.594. The van der Waals surface area contributed by atoms with Crippen molar-refractivity contribution in [1.29, 1.82) is 0 Å². The Morgan fingerprint density at radius 2 is 1.76 bits per heavy atom. The highest BCUT2D eigenvalue weighted by Crippen LogP contribution is 2.29. The van der Waals surface area contributed by atoms with E-state index in [1.54, 1.807) is 12.1 Å². The van der Waals surface area contributed by atoms with Crippen molar-refractivity contribution in [1.82, 2.24) is 4.90 Å². The minimum Gasteiger partial charge on any atom is -0.303 e. The van der Waals surface area contributed by atoms with Crippen LogP contribution >= 0.6 is 0 Å². The second-order valence-electron chi connectivity index (χ2n) is 6.56. The highest BCUT2D eigenvalue weighted by Gasteiger charge is 2.19. The van der Waals surface area contributed by atoms with E-state index in [2.05, 4.69) is 18.7 Å². The first kappa shape index (κ1) is 16.4. The van der Waals surface area contributed by atoms with Crippen LogP contribution in [0.3, 0.4) is 0 Å². The van der Waals surface area contributed by atoms with Gasteiger partial charge in [0.15, 0.2) is 0 Å². The van der Waals surface area contributed by atoms with Gasteiger partial charge < -0.3 is 4.90 Å². The smallest absolute Gasteiger partial charge is 0.123 e. The van der Waals surface area contributed by atoms with E-state index in [1.165, 1.54) is 5.56 Å². The quantitative estimate of drug-likeness (QED) is 0.730. The molecule has 1 aliphatic rings. The molecule has 1 atom stereocenters. The van der Waals surface area contributed by atoms with Gasteiger partial charge in [0.2, 0.25) is 0 Å². The van der Waals surface area contributed by atoms with Crippen LogP contribution in [0.15, 0.2) is 24.3 Å². The summed E-state index contributed by atoms with van der Waals surface area (Å²) in [5.41, 5.74) is 1.23. The molecule has 2 rings (SSSR count). The van der Waals surface area contributed by atoms with Crippen LogP contribution in [0.4, 0.5) is 8.78 Å². The molecule has 3 heteroatoms. The fourth-order valence-electron chi connectivity index (χ4n) is 3.25. The van der Waals surface area contributed by atoms with E-state index >= 15 is 0 Å². The Kier molecular flexibility index (Phi) is 6.16. The van der Waals surface area contributed by atoms with Gasteiger partial charge in [-0.2, -0.15) is 0 Å². The van der Waals surface area contributed by atoms with E-state index in [-0.39, 0.29) is 5.82 Å².